The predicted molar refractivity (Wildman–Crippen MR) is 82.5 cm³/mol. The Morgan fingerprint density at radius 3 is 2.85 bits per heavy atom. The van der Waals surface area contributed by atoms with Crippen LogP contribution in [0.1, 0.15) is 18.4 Å². The Labute approximate surface area is 128 Å². The van der Waals surface area contributed by atoms with Crippen molar-refractivity contribution in [2.75, 3.05) is 25.0 Å². The van der Waals surface area contributed by atoms with Crippen LogP contribution in [0.4, 0.5) is 5.69 Å². The molecule has 1 amide bonds. The molecule has 5 heteroatoms. The summed E-state index contributed by atoms with van der Waals surface area (Å²) >= 11 is 3.57. The number of aryl methyl sites for hydroxylation is 1. The van der Waals surface area contributed by atoms with Crippen LogP contribution in [0, 0.1) is 18.3 Å². The van der Waals surface area contributed by atoms with E-state index in [1.54, 1.807) is 11.9 Å². The van der Waals surface area contributed by atoms with Crippen LogP contribution in [-0.2, 0) is 4.79 Å². The summed E-state index contributed by atoms with van der Waals surface area (Å²) in [5, 5.41) is 9.03. The molecule has 1 saturated heterocycles. The van der Waals surface area contributed by atoms with Gasteiger partial charge in [-0.15, -0.1) is 0 Å². The summed E-state index contributed by atoms with van der Waals surface area (Å²) in [7, 11) is 1.81. The molecule has 2 rings (SSSR count). The summed E-state index contributed by atoms with van der Waals surface area (Å²) < 4.78 is 0.970. The molecule has 0 aromatic heterocycles. The first kappa shape index (κ1) is 14.9. The fourth-order valence-electron chi connectivity index (χ4n) is 2.55. The number of halogens is 1. The number of hydrogen-bond acceptors (Lipinski definition) is 3. The summed E-state index contributed by atoms with van der Waals surface area (Å²) in [4.78, 5) is 16.2. The fourth-order valence-corrected chi connectivity index (χ4v) is 3.27. The van der Waals surface area contributed by atoms with Gasteiger partial charge in [-0.1, -0.05) is 6.07 Å². The summed E-state index contributed by atoms with van der Waals surface area (Å²) in [6, 6.07) is 7.83. The smallest absolute Gasteiger partial charge is 0.246 e. The molecular weight excluding hydrogens is 318 g/mol. The molecule has 0 bridgehead atoms. The molecule has 1 heterocycles. The summed E-state index contributed by atoms with van der Waals surface area (Å²) in [6.45, 7) is 3.55. The number of benzene rings is 1. The van der Waals surface area contributed by atoms with E-state index in [2.05, 4.69) is 26.9 Å². The molecule has 0 saturated carbocycles. The third kappa shape index (κ3) is 2.96. The average Bonchev–Trinajstić information content (AvgIpc) is 2.53. The first-order chi connectivity index (χ1) is 9.54. The molecule has 0 spiro atoms. The zero-order valence-corrected chi connectivity index (χ0v) is 13.4. The Balaban J connectivity index is 2.40. The van der Waals surface area contributed by atoms with Gasteiger partial charge in [-0.05, 0) is 47.0 Å². The monoisotopic (exact) mass is 335 g/mol. The minimum absolute atomic E-state index is 0.0246. The van der Waals surface area contributed by atoms with Crippen LogP contribution in [0.5, 0.6) is 0 Å². The highest BCUT2D eigenvalue weighted by molar-refractivity contribution is 9.10. The molecule has 1 aromatic carbocycles. The number of carbonyl (C=O) groups excluding carboxylic acids is 1. The van der Waals surface area contributed by atoms with Crippen molar-refractivity contribution in [3.05, 3.63) is 28.2 Å². The number of anilines is 1. The molecule has 106 valence electrons. The highest BCUT2D eigenvalue weighted by Gasteiger charge is 2.31. The quantitative estimate of drug-likeness (QED) is 0.834. The van der Waals surface area contributed by atoms with Crippen LogP contribution in [0.2, 0.25) is 0 Å². The molecule has 1 unspecified atom stereocenters. The van der Waals surface area contributed by atoms with E-state index in [0.717, 1.165) is 35.2 Å². The lowest BCUT2D eigenvalue weighted by Crippen LogP contribution is -2.45. The predicted octanol–water partition coefficient (Wildman–Crippen LogP) is 2.71. The van der Waals surface area contributed by atoms with E-state index >= 15 is 0 Å². The van der Waals surface area contributed by atoms with Crippen LogP contribution in [0.15, 0.2) is 22.7 Å². The summed E-state index contributed by atoms with van der Waals surface area (Å²) in [6.07, 6.45) is 1.12. The van der Waals surface area contributed by atoms with Crippen molar-refractivity contribution < 1.29 is 4.79 Å². The lowest BCUT2D eigenvalue weighted by atomic mass is 10.1. The van der Waals surface area contributed by atoms with E-state index in [9.17, 15) is 4.79 Å². The molecule has 4 nitrogen and oxygen atoms in total. The Kier molecular flexibility index (Phi) is 4.66. The van der Waals surface area contributed by atoms with Crippen molar-refractivity contribution >= 4 is 27.5 Å². The summed E-state index contributed by atoms with van der Waals surface area (Å²) in [5.74, 6) is 0.0246. The molecule has 0 N–H and O–H groups in total. The van der Waals surface area contributed by atoms with Gasteiger partial charge in [0.2, 0.25) is 5.91 Å². The number of hydrogen-bond donors (Lipinski definition) is 0. The minimum Gasteiger partial charge on any atom is -0.358 e. The number of rotatable bonds is 2. The largest absolute Gasteiger partial charge is 0.358 e. The topological polar surface area (TPSA) is 47.3 Å². The molecule has 1 fully saturated rings. The van der Waals surface area contributed by atoms with Crippen molar-refractivity contribution in [3.63, 3.8) is 0 Å². The molecule has 1 atom stereocenters. The van der Waals surface area contributed by atoms with Gasteiger partial charge in [-0.3, -0.25) is 4.79 Å². The van der Waals surface area contributed by atoms with Crippen molar-refractivity contribution in [2.24, 2.45) is 0 Å². The average molecular weight is 336 g/mol. The van der Waals surface area contributed by atoms with E-state index in [1.807, 2.05) is 25.1 Å². The number of nitrogens with zero attached hydrogens (tertiary/aromatic N) is 3. The third-order valence-electron chi connectivity index (χ3n) is 3.63. The maximum atomic E-state index is 12.4. The Hall–Kier alpha value is -1.54. The number of nitriles is 1. The molecule has 0 radical (unpaired) electrons. The van der Waals surface area contributed by atoms with Gasteiger partial charge >= 0.3 is 0 Å². The summed E-state index contributed by atoms with van der Waals surface area (Å²) in [5.41, 5.74) is 2.15. The molecule has 20 heavy (non-hydrogen) atoms. The van der Waals surface area contributed by atoms with E-state index in [4.69, 9.17) is 5.26 Å². The van der Waals surface area contributed by atoms with Gasteiger partial charge in [-0.2, -0.15) is 5.26 Å². The second kappa shape index (κ2) is 6.27. The first-order valence-corrected chi connectivity index (χ1v) is 7.48. The number of amides is 1. The Bertz CT molecular complexity index is 553. The minimum atomic E-state index is -0.397. The third-order valence-corrected chi connectivity index (χ3v) is 4.26. The normalized spacial score (nSPS) is 19.7. The molecule has 1 aliphatic heterocycles. The van der Waals surface area contributed by atoms with Gasteiger partial charge in [0.1, 0.15) is 6.04 Å². The second-order valence-electron chi connectivity index (χ2n) is 5.14. The lowest BCUT2D eigenvalue weighted by Gasteiger charge is -2.31. The first-order valence-electron chi connectivity index (χ1n) is 6.69. The van der Waals surface area contributed by atoms with Crippen LogP contribution < -0.4 is 4.90 Å². The van der Waals surface area contributed by atoms with Crippen molar-refractivity contribution in [1.82, 2.24) is 4.90 Å². The Morgan fingerprint density at radius 1 is 1.45 bits per heavy atom. The van der Waals surface area contributed by atoms with E-state index in [0.29, 0.717) is 0 Å². The maximum absolute atomic E-state index is 12.4. The van der Waals surface area contributed by atoms with Gasteiger partial charge in [0.25, 0.3) is 0 Å². The van der Waals surface area contributed by atoms with Crippen LogP contribution >= 0.6 is 15.9 Å². The molecule has 1 aliphatic rings. The molecule has 0 aliphatic carbocycles. The van der Waals surface area contributed by atoms with Crippen molar-refractivity contribution in [1.29, 1.82) is 5.26 Å². The van der Waals surface area contributed by atoms with Gasteiger partial charge < -0.3 is 9.80 Å². The second-order valence-corrected chi connectivity index (χ2v) is 5.99. The Morgan fingerprint density at radius 2 is 2.20 bits per heavy atom. The van der Waals surface area contributed by atoms with Gasteiger partial charge in [-0.25, -0.2) is 0 Å². The van der Waals surface area contributed by atoms with Gasteiger partial charge in [0, 0.05) is 24.6 Å². The lowest BCUT2D eigenvalue weighted by molar-refractivity contribution is -0.130. The van der Waals surface area contributed by atoms with Gasteiger partial charge in [0.15, 0.2) is 0 Å². The number of carbonyl (C=O) groups is 1. The standard InChI is InChI=1S/C15H18BrN3O/c1-11-4-5-13(12(16)10-11)19-9-3-8-18(2)15(20)14(19)6-7-17/h4-5,10,14H,3,6,8-9H2,1-2H3. The van der Waals surface area contributed by atoms with Crippen LogP contribution in [-0.4, -0.2) is 37.0 Å². The van der Waals surface area contributed by atoms with E-state index < -0.39 is 6.04 Å². The zero-order chi connectivity index (χ0) is 14.7. The molecule has 1 aromatic rings. The van der Waals surface area contributed by atoms with E-state index in [1.165, 1.54) is 0 Å². The fraction of sp³-hybridized carbons (Fsp3) is 0.467. The van der Waals surface area contributed by atoms with Crippen LogP contribution in [0.25, 0.3) is 0 Å². The molecular formula is C15H18BrN3O. The van der Waals surface area contributed by atoms with Crippen LogP contribution in [0.3, 0.4) is 0 Å². The number of likely N-dealkylation sites (N-methyl/N-ethyl adjacent to an activating group) is 1. The van der Waals surface area contributed by atoms with E-state index in [-0.39, 0.29) is 12.3 Å². The zero-order valence-electron chi connectivity index (χ0n) is 11.8. The highest BCUT2D eigenvalue weighted by atomic mass is 79.9. The highest BCUT2D eigenvalue weighted by Crippen LogP contribution is 2.31. The van der Waals surface area contributed by atoms with Crippen molar-refractivity contribution in [3.8, 4) is 6.07 Å². The van der Waals surface area contributed by atoms with Crippen molar-refractivity contribution in [2.45, 2.75) is 25.8 Å². The maximum Gasteiger partial charge on any atom is 0.246 e. The van der Waals surface area contributed by atoms with Gasteiger partial charge in [0.05, 0.1) is 18.2 Å². The SMILES string of the molecule is Cc1ccc(N2CCCN(C)C(=O)C2CC#N)c(Br)c1.